The summed E-state index contributed by atoms with van der Waals surface area (Å²) in [4.78, 5) is 109. The average Bonchev–Trinajstić information content (AvgIpc) is 1.71. The van der Waals surface area contributed by atoms with Gasteiger partial charge in [0.1, 0.15) is 40.5 Å². The Morgan fingerprint density at radius 1 is 0.457 bits per heavy atom. The van der Waals surface area contributed by atoms with Gasteiger partial charge in [0.25, 0.3) is 23.6 Å². The van der Waals surface area contributed by atoms with Crippen LogP contribution in [0.2, 0.25) is 0 Å². The number of aliphatic carboxylic acids is 2. The van der Waals surface area contributed by atoms with Crippen LogP contribution >= 0.6 is 0 Å². The quantitative estimate of drug-likeness (QED) is 0.0504. The molecule has 0 saturated heterocycles. The largest absolute Gasteiger partial charge is 0.481 e. The molecule has 92 heavy (non-hydrogen) atoms. The van der Waals surface area contributed by atoms with Crippen molar-refractivity contribution in [3.8, 4) is 28.7 Å². The Labute approximate surface area is 531 Å². The number of para-hydroxylation sites is 3. The lowest BCUT2D eigenvalue weighted by molar-refractivity contribution is -0.153. The Bertz CT molecular complexity index is 4250. The minimum atomic E-state index is -2.45. The van der Waals surface area contributed by atoms with Crippen LogP contribution in [0.5, 0.6) is 28.7 Å². The monoisotopic (exact) mass is 1230 g/mol. The van der Waals surface area contributed by atoms with Crippen molar-refractivity contribution in [3.63, 3.8) is 0 Å². The summed E-state index contributed by atoms with van der Waals surface area (Å²) in [6.07, 6.45) is -0.597. The van der Waals surface area contributed by atoms with E-state index in [9.17, 15) is 43.8 Å². The summed E-state index contributed by atoms with van der Waals surface area (Å²) < 4.78 is 24.8. The van der Waals surface area contributed by atoms with E-state index in [1.807, 2.05) is 117 Å². The zero-order valence-electron chi connectivity index (χ0n) is 50.9. The fourth-order valence-electron chi connectivity index (χ4n) is 12.2. The molecule has 4 atom stereocenters. The van der Waals surface area contributed by atoms with Crippen LogP contribution in [-0.2, 0) is 27.4 Å². The molecule has 0 fully saturated rings. The van der Waals surface area contributed by atoms with E-state index < -0.39 is 64.6 Å². The van der Waals surface area contributed by atoms with Crippen LogP contribution in [-0.4, -0.2) is 96.1 Å². The maximum atomic E-state index is 14.3. The van der Waals surface area contributed by atoms with Gasteiger partial charge >= 0.3 is 11.9 Å². The third kappa shape index (κ3) is 11.7. The van der Waals surface area contributed by atoms with Gasteiger partial charge in [-0.1, -0.05) is 160 Å². The normalized spacial score (nSPS) is 19.1. The molecule has 4 unspecified atom stereocenters. The molecule has 0 bridgehead atoms. The number of rotatable bonds is 21. The van der Waals surface area contributed by atoms with Gasteiger partial charge in [0.05, 0.1) is 40.3 Å². The summed E-state index contributed by atoms with van der Waals surface area (Å²) in [5, 5.41) is 22.4. The molecule has 17 nitrogen and oxygen atoms in total. The van der Waals surface area contributed by atoms with E-state index in [2.05, 4.69) is 0 Å². The number of hydrogen-bond acceptors (Lipinski definition) is 13. The number of allylic oxidation sites excluding steroid dienone is 2. The SMILES string of the molecule is CCCC1=NC(C(=O)c2cccc(Oc3ccccc3)c2)=C(C)C(C(=O)O)(N2C(=O)c3ccccc3C2=O)C1Oc1ccccc1.CCCC1=NC(Cc2cccc(Oc3ccccc3)c2)=C(C)C(C(=O)O)(N2C(=O)c3ccccc3C2=O)C1OCc1ccccc1. The van der Waals surface area contributed by atoms with Gasteiger partial charge in [0.2, 0.25) is 16.9 Å². The van der Waals surface area contributed by atoms with Gasteiger partial charge < -0.3 is 29.2 Å². The molecule has 4 aliphatic heterocycles. The molecule has 4 heterocycles. The van der Waals surface area contributed by atoms with Crippen molar-refractivity contribution >= 4 is 52.8 Å². The first kappa shape index (κ1) is 62.4. The Hall–Kier alpha value is -11.2. The molecule has 0 aliphatic carbocycles. The number of fused-ring (bicyclic) bond motifs is 2. The van der Waals surface area contributed by atoms with Crippen molar-refractivity contribution in [2.24, 2.45) is 9.98 Å². The van der Waals surface area contributed by atoms with E-state index in [0.717, 1.165) is 20.9 Å². The molecular weight excluding hydrogens is 1160 g/mol. The average molecular weight is 1230 g/mol. The molecular formula is C75H64N4O13. The van der Waals surface area contributed by atoms with E-state index in [-0.39, 0.29) is 69.8 Å². The smallest absolute Gasteiger partial charge is 0.338 e. The van der Waals surface area contributed by atoms with Gasteiger partial charge in [-0.2, -0.15) is 0 Å². The second-order valence-corrected chi connectivity index (χ2v) is 22.4. The van der Waals surface area contributed by atoms with Crippen molar-refractivity contribution in [2.75, 3.05) is 0 Å². The molecule has 0 spiro atoms. The minimum Gasteiger partial charge on any atom is -0.481 e. The molecule has 4 amide bonds. The molecule has 12 rings (SSSR count). The number of nitrogens with zero attached hydrogens (tertiary/aromatic N) is 4. The third-order valence-corrected chi connectivity index (χ3v) is 16.6. The zero-order chi connectivity index (χ0) is 64.7. The third-order valence-electron chi connectivity index (χ3n) is 16.6. The maximum absolute atomic E-state index is 14.3. The minimum absolute atomic E-state index is 0.0634. The second kappa shape index (κ2) is 26.9. The van der Waals surface area contributed by atoms with Crippen LogP contribution in [0.1, 0.15) is 116 Å². The standard InChI is InChI=1S/C38H34N2O6.C37H30N2O7/c1-3-13-32-34(45-24-26-14-6-4-7-15-26)38(37(43)44,40-35(41)30-20-10-11-21-31(30)36(40)42)25(2)33(39-32)23-27-16-12-19-29(22-27)46-28-17-8-5-9-18-28;1-3-13-30-33(46-26-17-8-5-9-18-26)37(36(43)44,39-34(41)28-20-10-11-21-29(28)35(39)42)23(2)31(38-30)32(40)24-14-12-19-27(22-24)45-25-15-6-4-7-16-25/h4-12,14-22,34H,3,13,23-24H2,1-2H3,(H,43,44);4-12,14-22,33H,3,13H2,1-2H3,(H,43,44). The first-order chi connectivity index (χ1) is 44.6. The number of ether oxygens (including phenoxy) is 4. The zero-order valence-corrected chi connectivity index (χ0v) is 50.9. The Kier molecular flexibility index (Phi) is 18.2. The van der Waals surface area contributed by atoms with Gasteiger partial charge in [0, 0.05) is 17.7 Å². The number of carboxylic acids is 2. The van der Waals surface area contributed by atoms with Crippen molar-refractivity contribution in [1.82, 2.24) is 9.80 Å². The molecule has 17 heteroatoms. The van der Waals surface area contributed by atoms with Crippen molar-refractivity contribution in [3.05, 3.63) is 280 Å². The Morgan fingerprint density at radius 2 is 0.859 bits per heavy atom. The number of carbonyl (C=O) groups excluding carboxylic acids is 5. The van der Waals surface area contributed by atoms with Crippen molar-refractivity contribution < 1.29 is 62.7 Å². The highest BCUT2D eigenvalue weighted by Gasteiger charge is 2.65. The summed E-state index contributed by atoms with van der Waals surface area (Å²) in [7, 11) is 0. The molecule has 0 saturated carbocycles. The highest BCUT2D eigenvalue weighted by atomic mass is 16.5. The molecule has 8 aromatic rings. The predicted octanol–water partition coefficient (Wildman–Crippen LogP) is 14.0. The maximum Gasteiger partial charge on any atom is 0.338 e. The van der Waals surface area contributed by atoms with Crippen LogP contribution in [0.3, 0.4) is 0 Å². The number of Topliss-reactive ketones (excluding diaryl/α,β-unsaturated/α-hetero) is 1. The van der Waals surface area contributed by atoms with E-state index in [0.29, 0.717) is 59.4 Å². The summed E-state index contributed by atoms with van der Waals surface area (Å²) >= 11 is 0. The van der Waals surface area contributed by atoms with Crippen LogP contribution in [0.15, 0.2) is 251 Å². The molecule has 8 aromatic carbocycles. The predicted molar refractivity (Wildman–Crippen MR) is 345 cm³/mol. The number of amides is 4. The summed E-state index contributed by atoms with van der Waals surface area (Å²) in [6.45, 7) is 6.97. The summed E-state index contributed by atoms with van der Waals surface area (Å²) in [6, 6.07) is 62.9. The van der Waals surface area contributed by atoms with Crippen LogP contribution in [0, 0.1) is 0 Å². The number of ketones is 1. The van der Waals surface area contributed by atoms with E-state index in [4.69, 9.17) is 28.9 Å². The van der Waals surface area contributed by atoms with Gasteiger partial charge in [-0.15, -0.1) is 0 Å². The fourth-order valence-corrected chi connectivity index (χ4v) is 12.2. The van der Waals surface area contributed by atoms with E-state index in [1.54, 1.807) is 110 Å². The van der Waals surface area contributed by atoms with E-state index in [1.165, 1.54) is 19.1 Å². The Balaban J connectivity index is 0.000000188. The molecule has 0 aromatic heterocycles. The molecule has 462 valence electrons. The molecule has 2 N–H and O–H groups in total. The molecule has 4 aliphatic rings. The van der Waals surface area contributed by atoms with Gasteiger partial charge in [-0.25, -0.2) is 24.4 Å². The number of hydrogen-bond donors (Lipinski definition) is 2. The first-order valence-electron chi connectivity index (χ1n) is 30.2. The summed E-state index contributed by atoms with van der Waals surface area (Å²) in [5.74, 6) is -3.86. The van der Waals surface area contributed by atoms with Crippen molar-refractivity contribution in [2.45, 2.75) is 89.7 Å². The topological polar surface area (TPSA) is 228 Å². The van der Waals surface area contributed by atoms with Gasteiger partial charge in [-0.05, 0) is 134 Å². The highest BCUT2D eigenvalue weighted by Crippen LogP contribution is 2.46. The van der Waals surface area contributed by atoms with Gasteiger partial charge in [0.15, 0.2) is 6.10 Å². The number of imide groups is 2. The second-order valence-electron chi connectivity index (χ2n) is 22.4. The number of carbonyl (C=O) groups is 7. The van der Waals surface area contributed by atoms with Crippen LogP contribution < -0.4 is 14.2 Å². The molecule has 0 radical (unpaired) electrons. The summed E-state index contributed by atoms with van der Waals surface area (Å²) in [5.41, 5.74) is -1.21. The lowest BCUT2D eigenvalue weighted by Crippen LogP contribution is -2.69. The van der Waals surface area contributed by atoms with Crippen molar-refractivity contribution in [1.29, 1.82) is 0 Å². The Morgan fingerprint density at radius 3 is 1.34 bits per heavy atom. The number of aliphatic imine (C=N–C) groups is 2. The lowest BCUT2D eigenvalue weighted by atomic mass is 9.75. The van der Waals surface area contributed by atoms with Crippen LogP contribution in [0.25, 0.3) is 0 Å². The number of benzene rings is 8. The first-order valence-corrected chi connectivity index (χ1v) is 30.2. The fraction of sp³-hybridized carbons (Fsp3) is 0.187. The number of carboxylic acid groups (broad SMARTS) is 2. The highest BCUT2D eigenvalue weighted by molar-refractivity contribution is 6.26. The van der Waals surface area contributed by atoms with E-state index >= 15 is 0 Å². The van der Waals surface area contributed by atoms with Gasteiger partial charge in [-0.3, -0.25) is 29.0 Å². The van der Waals surface area contributed by atoms with Crippen LogP contribution in [0.4, 0.5) is 0 Å². The lowest BCUT2D eigenvalue weighted by Gasteiger charge is -2.46.